The standard InChI is InChI=1S/C34H28NO2P/c1-34(32(36)30-24-14-15-25-31(30)37-33(34)26-16-6-2-7-17-26)35-38(27-18-8-3-9-19-27,28-20-10-4-11-21-28)29-22-12-5-13-23-29/h2-25,33H,1H3/t33-,34-/m1/s1. The second-order valence-corrected chi connectivity index (χ2v) is 12.6. The summed E-state index contributed by atoms with van der Waals surface area (Å²) in [5.41, 5.74) is 0.303. The molecule has 0 saturated heterocycles. The number of hydrogen-bond donors (Lipinski definition) is 0. The number of carbonyl (C=O) groups is 1. The molecule has 0 radical (unpaired) electrons. The van der Waals surface area contributed by atoms with Crippen LogP contribution in [0, 0.1) is 0 Å². The maximum absolute atomic E-state index is 14.5. The molecule has 0 unspecified atom stereocenters. The molecule has 1 aliphatic heterocycles. The Morgan fingerprint density at radius 1 is 0.605 bits per heavy atom. The molecular weight excluding hydrogens is 485 g/mol. The highest BCUT2D eigenvalue weighted by Gasteiger charge is 2.50. The Morgan fingerprint density at radius 2 is 1.03 bits per heavy atom. The molecule has 0 fully saturated rings. The van der Waals surface area contributed by atoms with Crippen molar-refractivity contribution in [2.75, 3.05) is 0 Å². The second kappa shape index (κ2) is 9.93. The topological polar surface area (TPSA) is 38.7 Å². The van der Waals surface area contributed by atoms with Gasteiger partial charge in [-0.15, -0.1) is 0 Å². The summed E-state index contributed by atoms with van der Waals surface area (Å²) in [5, 5.41) is 3.28. The van der Waals surface area contributed by atoms with Crippen molar-refractivity contribution in [1.29, 1.82) is 0 Å². The molecule has 0 aliphatic carbocycles. The summed E-state index contributed by atoms with van der Waals surface area (Å²) >= 11 is 0. The van der Waals surface area contributed by atoms with E-state index < -0.39 is 18.7 Å². The largest absolute Gasteiger partial charge is 0.482 e. The first-order valence-electron chi connectivity index (χ1n) is 12.8. The zero-order chi connectivity index (χ0) is 26.0. The molecule has 38 heavy (non-hydrogen) atoms. The van der Waals surface area contributed by atoms with Crippen LogP contribution >= 0.6 is 7.05 Å². The van der Waals surface area contributed by atoms with Crippen molar-refractivity contribution >= 4 is 28.8 Å². The fourth-order valence-electron chi connectivity index (χ4n) is 5.37. The van der Waals surface area contributed by atoms with Crippen LogP contribution < -0.4 is 20.7 Å². The lowest BCUT2D eigenvalue weighted by Crippen LogP contribution is -2.47. The molecule has 1 aliphatic rings. The number of para-hydroxylation sites is 1. The van der Waals surface area contributed by atoms with E-state index in [-0.39, 0.29) is 5.78 Å². The van der Waals surface area contributed by atoms with Crippen molar-refractivity contribution in [2.45, 2.75) is 18.6 Å². The van der Waals surface area contributed by atoms with E-state index >= 15 is 0 Å². The summed E-state index contributed by atoms with van der Waals surface area (Å²) < 4.78 is 12.4. The van der Waals surface area contributed by atoms with Gasteiger partial charge in [0.25, 0.3) is 0 Å². The zero-order valence-corrected chi connectivity index (χ0v) is 22.0. The highest BCUT2D eigenvalue weighted by molar-refractivity contribution is 7.87. The van der Waals surface area contributed by atoms with Gasteiger partial charge >= 0.3 is 0 Å². The van der Waals surface area contributed by atoms with Crippen LogP contribution in [0.25, 0.3) is 0 Å². The van der Waals surface area contributed by atoms with E-state index in [4.69, 9.17) is 9.48 Å². The van der Waals surface area contributed by atoms with Gasteiger partial charge in [-0.05, 0) is 24.6 Å². The summed E-state index contributed by atoms with van der Waals surface area (Å²) in [6.07, 6.45) is -0.582. The first-order chi connectivity index (χ1) is 18.6. The molecule has 0 spiro atoms. The molecule has 4 heteroatoms. The lowest BCUT2D eigenvalue weighted by Gasteiger charge is -2.41. The van der Waals surface area contributed by atoms with Gasteiger partial charge in [0, 0.05) is 15.9 Å². The van der Waals surface area contributed by atoms with Gasteiger partial charge in [0.2, 0.25) is 0 Å². The Bertz CT molecular complexity index is 1520. The molecule has 0 N–H and O–H groups in total. The summed E-state index contributed by atoms with van der Waals surface area (Å²) in [6.45, 7) is 1.95. The molecule has 3 nitrogen and oxygen atoms in total. The monoisotopic (exact) mass is 513 g/mol. The van der Waals surface area contributed by atoms with Gasteiger partial charge in [0.1, 0.15) is 5.75 Å². The number of rotatable bonds is 5. The Kier molecular flexibility index (Phi) is 6.31. The van der Waals surface area contributed by atoms with Gasteiger partial charge in [-0.1, -0.05) is 133 Å². The van der Waals surface area contributed by atoms with Crippen LogP contribution in [0.3, 0.4) is 0 Å². The Balaban J connectivity index is 1.74. The number of nitrogens with zero attached hydrogens (tertiary/aromatic N) is 1. The molecule has 2 atom stereocenters. The van der Waals surface area contributed by atoms with E-state index in [1.54, 1.807) is 0 Å². The number of fused-ring (bicyclic) bond motifs is 1. The normalized spacial score (nSPS) is 18.8. The predicted molar refractivity (Wildman–Crippen MR) is 157 cm³/mol. The van der Waals surface area contributed by atoms with E-state index in [2.05, 4.69) is 72.8 Å². The van der Waals surface area contributed by atoms with E-state index in [0.717, 1.165) is 21.5 Å². The maximum Gasteiger partial charge on any atom is 0.197 e. The van der Waals surface area contributed by atoms with Crippen LogP contribution in [0.5, 0.6) is 5.75 Å². The summed E-state index contributed by atoms with van der Waals surface area (Å²) in [7, 11) is -2.67. The van der Waals surface area contributed by atoms with Crippen molar-refractivity contribution in [3.05, 3.63) is 157 Å². The highest BCUT2D eigenvalue weighted by atomic mass is 31.2. The number of ketones is 1. The zero-order valence-electron chi connectivity index (χ0n) is 21.1. The van der Waals surface area contributed by atoms with Crippen LogP contribution in [0.2, 0.25) is 0 Å². The summed E-state index contributed by atoms with van der Waals surface area (Å²) in [6, 6.07) is 48.7. The molecule has 5 aromatic carbocycles. The van der Waals surface area contributed by atoms with Crippen molar-refractivity contribution in [3.8, 4) is 5.75 Å². The number of benzene rings is 5. The van der Waals surface area contributed by atoms with E-state index in [9.17, 15) is 4.79 Å². The van der Waals surface area contributed by atoms with Crippen LogP contribution in [0.4, 0.5) is 0 Å². The van der Waals surface area contributed by atoms with Crippen LogP contribution in [0.15, 0.2) is 150 Å². The smallest absolute Gasteiger partial charge is 0.197 e. The molecule has 0 bridgehead atoms. The Hall–Kier alpha value is -4.20. The first-order valence-corrected chi connectivity index (χ1v) is 14.5. The van der Waals surface area contributed by atoms with Crippen LogP contribution in [-0.2, 0) is 0 Å². The molecule has 0 amide bonds. The molecule has 6 rings (SSSR count). The average Bonchev–Trinajstić information content (AvgIpc) is 3.00. The number of ether oxygens (including phenoxy) is 1. The minimum atomic E-state index is -2.67. The van der Waals surface area contributed by atoms with Crippen molar-refractivity contribution in [2.24, 2.45) is 4.74 Å². The Labute approximate surface area is 223 Å². The molecule has 0 aromatic heterocycles. The maximum atomic E-state index is 14.5. The van der Waals surface area contributed by atoms with Crippen molar-refractivity contribution in [1.82, 2.24) is 0 Å². The number of carbonyl (C=O) groups excluding carboxylic acids is 1. The summed E-state index contributed by atoms with van der Waals surface area (Å²) in [4.78, 5) is 14.5. The molecule has 1 heterocycles. The minimum absolute atomic E-state index is 0.0274. The summed E-state index contributed by atoms with van der Waals surface area (Å²) in [5.74, 6) is 0.572. The van der Waals surface area contributed by atoms with E-state index in [1.165, 1.54) is 0 Å². The number of hydrogen-bond acceptors (Lipinski definition) is 3. The van der Waals surface area contributed by atoms with Gasteiger partial charge in [-0.25, -0.2) is 0 Å². The molecule has 0 saturated carbocycles. The minimum Gasteiger partial charge on any atom is -0.482 e. The molecule has 5 aromatic rings. The van der Waals surface area contributed by atoms with Gasteiger partial charge in [0.05, 0.1) is 12.6 Å². The fourth-order valence-corrected chi connectivity index (χ4v) is 9.24. The van der Waals surface area contributed by atoms with Crippen molar-refractivity contribution < 1.29 is 9.53 Å². The first kappa shape index (κ1) is 24.2. The lowest BCUT2D eigenvalue weighted by molar-refractivity contribution is 0.0612. The van der Waals surface area contributed by atoms with Crippen molar-refractivity contribution in [3.63, 3.8) is 0 Å². The van der Waals surface area contributed by atoms with Gasteiger partial charge in [-0.2, -0.15) is 0 Å². The van der Waals surface area contributed by atoms with E-state index in [1.807, 2.05) is 79.7 Å². The lowest BCUT2D eigenvalue weighted by atomic mass is 9.81. The Morgan fingerprint density at radius 3 is 1.53 bits per heavy atom. The average molecular weight is 514 g/mol. The molecular formula is C34H28NO2P. The van der Waals surface area contributed by atoms with E-state index in [0.29, 0.717) is 11.3 Å². The van der Waals surface area contributed by atoms with Gasteiger partial charge in [0.15, 0.2) is 17.4 Å². The third-order valence-corrected chi connectivity index (χ3v) is 11.0. The third-order valence-electron chi connectivity index (χ3n) is 7.20. The van der Waals surface area contributed by atoms with Crippen LogP contribution in [-0.4, -0.2) is 11.3 Å². The highest BCUT2D eigenvalue weighted by Crippen LogP contribution is 2.53. The predicted octanol–water partition coefficient (Wildman–Crippen LogP) is 6.94. The quantitative estimate of drug-likeness (QED) is 0.239. The third kappa shape index (κ3) is 4.00. The van der Waals surface area contributed by atoms with Gasteiger partial charge < -0.3 is 4.74 Å². The molecule has 186 valence electrons. The van der Waals surface area contributed by atoms with Crippen LogP contribution in [0.1, 0.15) is 28.9 Å². The SMILES string of the molecule is C[C@@]1(N=P(c2ccccc2)(c2ccccc2)c2ccccc2)C(=O)c2ccccc2O[C@@H]1c1ccccc1. The number of Topliss-reactive ketones (excluding diaryl/α,β-unsaturated/α-hetero) is 1. The fraction of sp³-hybridized carbons (Fsp3) is 0.0882. The van der Waals surface area contributed by atoms with Gasteiger partial charge in [-0.3, -0.25) is 9.54 Å². The second-order valence-electron chi connectivity index (χ2n) is 9.62.